The Morgan fingerprint density at radius 1 is 1.09 bits per heavy atom. The fourth-order valence-electron chi connectivity index (χ4n) is 3.70. The van der Waals surface area contributed by atoms with Gasteiger partial charge in [-0.2, -0.15) is 0 Å². The quantitative estimate of drug-likeness (QED) is 0.280. The van der Waals surface area contributed by atoms with Gasteiger partial charge in [0, 0.05) is 18.9 Å². The molecule has 1 aromatic carbocycles. The summed E-state index contributed by atoms with van der Waals surface area (Å²) in [6.07, 6.45) is 3.18. The summed E-state index contributed by atoms with van der Waals surface area (Å²) < 4.78 is 31.0. The SMILES string of the molecule is CCOC(=O)c1c(O)c2ncc(Cc3ccc(F)cc3)cc2n(CCCP(OCC)OCC)c1=O. The molecule has 2 heterocycles. The summed E-state index contributed by atoms with van der Waals surface area (Å²) in [6.45, 7) is 6.79. The van der Waals surface area contributed by atoms with Gasteiger partial charge in [-0.3, -0.25) is 9.78 Å². The summed E-state index contributed by atoms with van der Waals surface area (Å²) in [6, 6.07) is 7.88. The Morgan fingerprint density at radius 2 is 1.77 bits per heavy atom. The van der Waals surface area contributed by atoms with E-state index in [2.05, 4.69) is 4.98 Å². The maximum atomic E-state index is 13.3. The second kappa shape index (κ2) is 12.7. The van der Waals surface area contributed by atoms with Gasteiger partial charge in [0.05, 0.1) is 25.3 Å². The second-order valence-electron chi connectivity index (χ2n) is 7.66. The summed E-state index contributed by atoms with van der Waals surface area (Å²) in [5.74, 6) is -1.72. The van der Waals surface area contributed by atoms with E-state index in [1.807, 2.05) is 13.8 Å². The van der Waals surface area contributed by atoms with Gasteiger partial charge >= 0.3 is 5.97 Å². The number of carbonyl (C=O) groups is 1. The van der Waals surface area contributed by atoms with E-state index in [-0.39, 0.29) is 24.5 Å². The lowest BCUT2D eigenvalue weighted by Gasteiger charge is -2.17. The highest BCUT2D eigenvalue weighted by Crippen LogP contribution is 2.38. The van der Waals surface area contributed by atoms with Crippen molar-refractivity contribution in [2.75, 3.05) is 26.0 Å². The van der Waals surface area contributed by atoms with Gasteiger partial charge in [0.1, 0.15) is 11.3 Å². The van der Waals surface area contributed by atoms with E-state index < -0.39 is 31.2 Å². The number of benzene rings is 1. The first-order valence-corrected chi connectivity index (χ1v) is 12.9. The number of fused-ring (bicyclic) bond motifs is 1. The third-order valence-corrected chi connectivity index (χ3v) is 6.98. The number of rotatable bonds is 12. The average molecular weight is 504 g/mol. The molecule has 0 saturated carbocycles. The van der Waals surface area contributed by atoms with E-state index in [1.165, 1.54) is 16.7 Å². The maximum Gasteiger partial charge on any atom is 0.347 e. The molecule has 35 heavy (non-hydrogen) atoms. The van der Waals surface area contributed by atoms with Crippen LogP contribution in [0, 0.1) is 5.82 Å². The van der Waals surface area contributed by atoms with Crippen LogP contribution >= 0.6 is 8.38 Å². The van der Waals surface area contributed by atoms with Crippen LogP contribution in [0.1, 0.15) is 48.7 Å². The average Bonchev–Trinajstić information content (AvgIpc) is 2.83. The van der Waals surface area contributed by atoms with E-state index in [1.54, 1.807) is 31.3 Å². The third kappa shape index (κ3) is 6.63. The number of hydrogen-bond donors (Lipinski definition) is 1. The Morgan fingerprint density at radius 3 is 2.40 bits per heavy atom. The number of ether oxygens (including phenoxy) is 1. The molecule has 0 radical (unpaired) electrons. The fraction of sp³-hybridized carbons (Fsp3) is 0.400. The minimum atomic E-state index is -1.09. The van der Waals surface area contributed by atoms with Crippen molar-refractivity contribution >= 4 is 25.4 Å². The van der Waals surface area contributed by atoms with Crippen LogP contribution in [0.3, 0.4) is 0 Å². The van der Waals surface area contributed by atoms with E-state index in [9.17, 15) is 19.1 Å². The van der Waals surface area contributed by atoms with Crippen LogP contribution in [0.2, 0.25) is 0 Å². The first-order valence-electron chi connectivity index (χ1n) is 11.6. The molecule has 2 aromatic heterocycles. The van der Waals surface area contributed by atoms with Crippen molar-refractivity contribution in [3.05, 3.63) is 69.4 Å². The lowest BCUT2D eigenvalue weighted by molar-refractivity contribution is 0.0520. The summed E-state index contributed by atoms with van der Waals surface area (Å²) in [5.41, 5.74) is 1.09. The Balaban J connectivity index is 2.02. The molecule has 0 unspecified atom stereocenters. The third-order valence-electron chi connectivity index (χ3n) is 5.20. The maximum absolute atomic E-state index is 13.3. The highest BCUT2D eigenvalue weighted by molar-refractivity contribution is 7.47. The minimum Gasteiger partial charge on any atom is -0.505 e. The largest absolute Gasteiger partial charge is 0.505 e. The van der Waals surface area contributed by atoms with Crippen LogP contribution in [-0.2, 0) is 26.7 Å². The van der Waals surface area contributed by atoms with E-state index in [0.29, 0.717) is 37.7 Å². The topological polar surface area (TPSA) is 99.9 Å². The van der Waals surface area contributed by atoms with Crippen molar-refractivity contribution in [2.45, 2.75) is 40.2 Å². The van der Waals surface area contributed by atoms with Gasteiger partial charge in [0.25, 0.3) is 5.56 Å². The molecular formula is C25H30FN2O6P. The van der Waals surface area contributed by atoms with Gasteiger partial charge in [-0.1, -0.05) is 12.1 Å². The first kappa shape index (κ1) is 26.7. The molecule has 0 amide bonds. The van der Waals surface area contributed by atoms with E-state index in [0.717, 1.165) is 11.1 Å². The molecule has 188 valence electrons. The summed E-state index contributed by atoms with van der Waals surface area (Å²) >= 11 is 0. The summed E-state index contributed by atoms with van der Waals surface area (Å²) in [7, 11) is -1.09. The molecule has 8 nitrogen and oxygen atoms in total. The van der Waals surface area contributed by atoms with E-state index >= 15 is 0 Å². The number of nitrogens with zero attached hydrogens (tertiary/aromatic N) is 2. The number of pyridine rings is 2. The predicted octanol–water partition coefficient (Wildman–Crippen LogP) is 4.78. The monoisotopic (exact) mass is 504 g/mol. The fourth-order valence-corrected chi connectivity index (χ4v) is 5.01. The number of hydrogen-bond acceptors (Lipinski definition) is 7. The van der Waals surface area contributed by atoms with Crippen molar-refractivity contribution in [3.8, 4) is 5.75 Å². The Kier molecular flexibility index (Phi) is 9.72. The zero-order valence-electron chi connectivity index (χ0n) is 20.1. The lowest BCUT2D eigenvalue weighted by atomic mass is 10.1. The standard InChI is InChI=1S/C25H30FN2O6P/c1-4-32-25(31)21-23(29)22-20(15-18(16-27-22)14-17-8-10-19(26)11-9-17)28(24(21)30)12-7-13-35(33-5-2)34-6-3/h8-11,15-16,29H,4-7,12-14H2,1-3H3. The number of aryl methyl sites for hydroxylation is 1. The number of carbonyl (C=O) groups excluding carboxylic acids is 1. The molecule has 0 fully saturated rings. The van der Waals surface area contributed by atoms with Crippen LogP contribution in [0.15, 0.2) is 41.3 Å². The van der Waals surface area contributed by atoms with Gasteiger partial charge in [-0.15, -0.1) is 0 Å². The molecule has 0 aliphatic rings. The van der Waals surface area contributed by atoms with Crippen LogP contribution in [0.5, 0.6) is 5.75 Å². The first-order chi connectivity index (χ1) is 16.9. The van der Waals surface area contributed by atoms with Crippen LogP contribution in [0.25, 0.3) is 11.0 Å². The normalized spacial score (nSPS) is 11.3. The van der Waals surface area contributed by atoms with Crippen LogP contribution < -0.4 is 5.56 Å². The van der Waals surface area contributed by atoms with Gasteiger partial charge in [-0.05, 0) is 62.9 Å². The molecule has 1 N–H and O–H groups in total. The van der Waals surface area contributed by atoms with Gasteiger partial charge < -0.3 is 23.5 Å². The Bertz CT molecular complexity index is 1210. The second-order valence-corrected chi connectivity index (χ2v) is 9.29. The highest BCUT2D eigenvalue weighted by Gasteiger charge is 2.24. The number of aromatic hydroxyl groups is 1. The molecule has 0 aliphatic carbocycles. The Labute approximate surface area is 204 Å². The number of aromatic nitrogens is 2. The smallest absolute Gasteiger partial charge is 0.347 e. The van der Waals surface area contributed by atoms with Crippen LogP contribution in [-0.4, -0.2) is 46.6 Å². The number of halogens is 1. The molecule has 0 atom stereocenters. The molecule has 3 aromatic rings. The Hall–Kier alpha value is -2.87. The highest BCUT2D eigenvalue weighted by atomic mass is 31.2. The molecule has 0 aliphatic heterocycles. The minimum absolute atomic E-state index is 0.0623. The molecule has 0 bridgehead atoms. The number of esters is 1. The van der Waals surface area contributed by atoms with Crippen molar-refractivity contribution in [1.29, 1.82) is 0 Å². The predicted molar refractivity (Wildman–Crippen MR) is 132 cm³/mol. The van der Waals surface area contributed by atoms with E-state index in [4.69, 9.17) is 13.8 Å². The molecule has 0 spiro atoms. The summed E-state index contributed by atoms with van der Waals surface area (Å²) in [5, 5.41) is 10.8. The van der Waals surface area contributed by atoms with Gasteiger partial charge in [0.2, 0.25) is 0 Å². The van der Waals surface area contributed by atoms with Crippen molar-refractivity contribution < 1.29 is 28.1 Å². The van der Waals surface area contributed by atoms with Gasteiger partial charge in [-0.25, -0.2) is 9.18 Å². The van der Waals surface area contributed by atoms with Crippen molar-refractivity contribution in [3.63, 3.8) is 0 Å². The van der Waals surface area contributed by atoms with Crippen molar-refractivity contribution in [2.24, 2.45) is 0 Å². The zero-order chi connectivity index (χ0) is 25.4. The molecule has 10 heteroatoms. The van der Waals surface area contributed by atoms with Crippen LogP contribution in [0.4, 0.5) is 4.39 Å². The molecule has 0 saturated heterocycles. The molecular weight excluding hydrogens is 474 g/mol. The lowest BCUT2D eigenvalue weighted by Crippen LogP contribution is -2.28. The van der Waals surface area contributed by atoms with Crippen molar-refractivity contribution in [1.82, 2.24) is 9.55 Å². The molecule has 3 rings (SSSR count). The summed E-state index contributed by atoms with van der Waals surface area (Å²) in [4.78, 5) is 30.2. The zero-order valence-corrected chi connectivity index (χ0v) is 21.0. The van der Waals surface area contributed by atoms with Gasteiger partial charge in [0.15, 0.2) is 19.7 Å².